The summed E-state index contributed by atoms with van der Waals surface area (Å²) in [4.78, 5) is 12.2. The number of rotatable bonds is 4. The second-order valence-corrected chi connectivity index (χ2v) is 5.64. The highest BCUT2D eigenvalue weighted by Gasteiger charge is 2.34. The lowest BCUT2D eigenvalue weighted by Crippen LogP contribution is -2.18. The van der Waals surface area contributed by atoms with E-state index >= 15 is 0 Å². The van der Waals surface area contributed by atoms with E-state index in [4.69, 9.17) is 4.74 Å². The fourth-order valence-corrected chi connectivity index (χ4v) is 2.29. The monoisotopic (exact) mass is 373 g/mol. The predicted octanol–water partition coefficient (Wildman–Crippen LogP) is 4.85. The van der Waals surface area contributed by atoms with Crippen molar-refractivity contribution in [1.29, 1.82) is 0 Å². The summed E-state index contributed by atoms with van der Waals surface area (Å²) in [6.07, 6.45) is -4.61. The number of nitrogens with zero attached hydrogens (tertiary/aromatic N) is 2. The Hall–Kier alpha value is -3.42. The van der Waals surface area contributed by atoms with Crippen molar-refractivity contribution < 1.29 is 22.7 Å². The number of halogens is 3. The molecular weight excluding hydrogens is 359 g/mol. The maximum absolute atomic E-state index is 13.0. The average molecular weight is 373 g/mol. The number of amides is 1. The summed E-state index contributed by atoms with van der Waals surface area (Å²) in [7, 11) is 0. The average Bonchev–Trinajstić information content (AvgIpc) is 2.64. The Kier molecular flexibility index (Phi) is 5.07. The molecule has 0 aliphatic heterocycles. The molecule has 1 N–H and O–H groups in total. The van der Waals surface area contributed by atoms with Crippen LogP contribution in [0.25, 0.3) is 0 Å². The molecule has 5 nitrogen and oxygen atoms in total. The van der Waals surface area contributed by atoms with Gasteiger partial charge in [-0.25, -0.2) is 0 Å². The molecule has 27 heavy (non-hydrogen) atoms. The Labute approximate surface area is 152 Å². The molecule has 3 rings (SSSR count). The fraction of sp³-hybridized carbons (Fsp3) is 0.105. The van der Waals surface area contributed by atoms with Crippen molar-refractivity contribution >= 4 is 11.6 Å². The number of carbonyl (C=O) groups is 1. The smallest absolute Gasteiger partial charge is 0.417 e. The Morgan fingerprint density at radius 3 is 2.30 bits per heavy atom. The SMILES string of the molecule is Cc1ccc(Oc2ccc(NC(=O)c3ccccc3C(F)(F)F)cc2)nn1. The number of carbonyl (C=O) groups excluding carboxylic acids is 1. The number of hydrogen-bond acceptors (Lipinski definition) is 4. The van der Waals surface area contributed by atoms with Crippen molar-refractivity contribution in [2.24, 2.45) is 0 Å². The molecule has 0 fully saturated rings. The minimum atomic E-state index is -4.61. The maximum atomic E-state index is 13.0. The molecule has 0 aliphatic rings. The van der Waals surface area contributed by atoms with Crippen LogP contribution in [0.4, 0.5) is 18.9 Å². The van der Waals surface area contributed by atoms with Crippen LogP contribution in [0.5, 0.6) is 11.6 Å². The molecular formula is C19H14F3N3O2. The van der Waals surface area contributed by atoms with E-state index in [0.717, 1.165) is 17.8 Å². The molecule has 1 aromatic heterocycles. The molecule has 1 heterocycles. The van der Waals surface area contributed by atoms with Crippen LogP contribution < -0.4 is 10.1 Å². The quantitative estimate of drug-likeness (QED) is 0.710. The zero-order valence-electron chi connectivity index (χ0n) is 14.1. The van der Waals surface area contributed by atoms with Crippen molar-refractivity contribution in [1.82, 2.24) is 10.2 Å². The third kappa shape index (κ3) is 4.60. The van der Waals surface area contributed by atoms with Crippen LogP contribution in [-0.2, 0) is 6.18 Å². The molecule has 0 aliphatic carbocycles. The van der Waals surface area contributed by atoms with Gasteiger partial charge in [-0.3, -0.25) is 4.79 Å². The minimum absolute atomic E-state index is 0.302. The maximum Gasteiger partial charge on any atom is 0.417 e. The van der Waals surface area contributed by atoms with Gasteiger partial charge in [0.15, 0.2) is 0 Å². The summed E-state index contributed by atoms with van der Waals surface area (Å²) in [5.74, 6) is -0.0978. The van der Waals surface area contributed by atoms with Crippen molar-refractivity contribution in [3.63, 3.8) is 0 Å². The first kappa shape index (κ1) is 18.4. The van der Waals surface area contributed by atoms with Gasteiger partial charge in [0.1, 0.15) is 5.75 Å². The molecule has 0 saturated heterocycles. The zero-order valence-corrected chi connectivity index (χ0v) is 14.1. The van der Waals surface area contributed by atoms with Gasteiger partial charge in [-0.1, -0.05) is 12.1 Å². The topological polar surface area (TPSA) is 64.1 Å². The Balaban J connectivity index is 1.72. The van der Waals surface area contributed by atoms with Crippen LogP contribution >= 0.6 is 0 Å². The third-order valence-electron chi connectivity index (χ3n) is 3.59. The van der Waals surface area contributed by atoms with Gasteiger partial charge in [-0.05, 0) is 49.4 Å². The molecule has 138 valence electrons. The summed E-state index contributed by atoms with van der Waals surface area (Å²) in [6, 6.07) is 14.2. The summed E-state index contributed by atoms with van der Waals surface area (Å²) in [5, 5.41) is 10.2. The third-order valence-corrected chi connectivity index (χ3v) is 3.59. The number of benzene rings is 2. The molecule has 1 amide bonds. The molecule has 0 spiro atoms. The van der Waals surface area contributed by atoms with Crippen molar-refractivity contribution in [3.8, 4) is 11.6 Å². The zero-order chi connectivity index (χ0) is 19.4. The van der Waals surface area contributed by atoms with Crippen LogP contribution in [0, 0.1) is 6.92 Å². The van der Waals surface area contributed by atoms with Crippen LogP contribution in [0.2, 0.25) is 0 Å². The lowest BCUT2D eigenvalue weighted by molar-refractivity contribution is -0.137. The first-order valence-corrected chi connectivity index (χ1v) is 7.89. The number of nitrogens with one attached hydrogen (secondary N) is 1. The van der Waals surface area contributed by atoms with Gasteiger partial charge in [-0.15, -0.1) is 5.10 Å². The Morgan fingerprint density at radius 1 is 0.963 bits per heavy atom. The first-order chi connectivity index (χ1) is 12.8. The van der Waals surface area contributed by atoms with E-state index in [1.807, 2.05) is 0 Å². The van der Waals surface area contributed by atoms with Gasteiger partial charge in [-0.2, -0.15) is 18.3 Å². The number of aryl methyl sites for hydroxylation is 1. The van der Waals surface area contributed by atoms with Gasteiger partial charge in [0.2, 0.25) is 5.88 Å². The number of ether oxygens (including phenoxy) is 1. The molecule has 0 radical (unpaired) electrons. The van der Waals surface area contributed by atoms with E-state index in [1.165, 1.54) is 24.3 Å². The van der Waals surface area contributed by atoms with Crippen molar-refractivity contribution in [2.75, 3.05) is 5.32 Å². The van der Waals surface area contributed by atoms with Gasteiger partial charge in [0.25, 0.3) is 5.91 Å². The lowest BCUT2D eigenvalue weighted by atomic mass is 10.1. The van der Waals surface area contributed by atoms with Crippen LogP contribution in [0.15, 0.2) is 60.7 Å². The molecule has 0 saturated carbocycles. The number of anilines is 1. The van der Waals surface area contributed by atoms with E-state index in [9.17, 15) is 18.0 Å². The minimum Gasteiger partial charge on any atom is -0.438 e. The number of hydrogen-bond donors (Lipinski definition) is 1. The van der Waals surface area contributed by atoms with Gasteiger partial charge in [0, 0.05) is 11.8 Å². The number of alkyl halides is 3. The molecule has 0 atom stereocenters. The molecule has 3 aromatic rings. The summed E-state index contributed by atoms with van der Waals surface area (Å²) < 4.78 is 44.6. The highest BCUT2D eigenvalue weighted by molar-refractivity contribution is 6.05. The second-order valence-electron chi connectivity index (χ2n) is 5.64. The highest BCUT2D eigenvalue weighted by Crippen LogP contribution is 2.32. The normalized spacial score (nSPS) is 11.1. The lowest BCUT2D eigenvalue weighted by Gasteiger charge is -2.13. The first-order valence-electron chi connectivity index (χ1n) is 7.89. The van der Waals surface area contributed by atoms with Gasteiger partial charge < -0.3 is 10.1 Å². The molecule has 0 unspecified atom stereocenters. The van der Waals surface area contributed by atoms with E-state index < -0.39 is 23.2 Å². The summed E-state index contributed by atoms with van der Waals surface area (Å²) >= 11 is 0. The number of aromatic nitrogens is 2. The molecule has 0 bridgehead atoms. The van der Waals surface area contributed by atoms with Gasteiger partial charge in [0.05, 0.1) is 16.8 Å². The van der Waals surface area contributed by atoms with Crippen LogP contribution in [0.1, 0.15) is 21.6 Å². The summed E-state index contributed by atoms with van der Waals surface area (Å²) in [6.45, 7) is 1.80. The van der Waals surface area contributed by atoms with E-state index in [-0.39, 0.29) is 0 Å². The highest BCUT2D eigenvalue weighted by atomic mass is 19.4. The molecule has 8 heteroatoms. The Bertz CT molecular complexity index is 940. The second kappa shape index (κ2) is 7.45. The van der Waals surface area contributed by atoms with Crippen molar-refractivity contribution in [3.05, 3.63) is 77.5 Å². The largest absolute Gasteiger partial charge is 0.438 e. The van der Waals surface area contributed by atoms with E-state index in [2.05, 4.69) is 15.5 Å². The van der Waals surface area contributed by atoms with Gasteiger partial charge >= 0.3 is 6.18 Å². The fourth-order valence-electron chi connectivity index (χ4n) is 2.29. The summed E-state index contributed by atoms with van der Waals surface area (Å²) in [5.41, 5.74) is -0.348. The predicted molar refractivity (Wildman–Crippen MR) is 92.7 cm³/mol. The standard InChI is InChI=1S/C19H14F3N3O2/c1-12-6-11-17(25-24-12)27-14-9-7-13(8-10-14)23-18(26)15-4-2-3-5-16(15)19(20,21)22/h2-11H,1H3,(H,23,26). The van der Waals surface area contributed by atoms with Crippen LogP contribution in [0.3, 0.4) is 0 Å². The van der Waals surface area contributed by atoms with E-state index in [0.29, 0.717) is 17.3 Å². The van der Waals surface area contributed by atoms with E-state index in [1.54, 1.807) is 31.2 Å². The van der Waals surface area contributed by atoms with Crippen LogP contribution in [-0.4, -0.2) is 16.1 Å². The Morgan fingerprint density at radius 2 is 1.67 bits per heavy atom. The molecule has 2 aromatic carbocycles. The van der Waals surface area contributed by atoms with Crippen molar-refractivity contribution in [2.45, 2.75) is 13.1 Å².